The van der Waals surface area contributed by atoms with Crippen molar-refractivity contribution in [3.05, 3.63) is 66.5 Å². The second kappa shape index (κ2) is 4.50. The zero-order valence-electron chi connectivity index (χ0n) is 9.69. The molecular weight excluding hydrogens is 224 g/mol. The molecule has 1 atom stereocenters. The minimum atomic E-state index is -0.237. The van der Waals surface area contributed by atoms with Crippen LogP contribution in [0.25, 0.3) is 10.8 Å². The summed E-state index contributed by atoms with van der Waals surface area (Å²) in [6.07, 6.45) is 8.61. The van der Waals surface area contributed by atoms with Crippen LogP contribution >= 0.6 is 0 Å². The molecule has 0 fully saturated rings. The Labute approximate surface area is 105 Å². The van der Waals surface area contributed by atoms with Gasteiger partial charge in [-0.25, -0.2) is 9.97 Å². The molecule has 0 bridgehead atoms. The van der Waals surface area contributed by atoms with Gasteiger partial charge in [-0.1, -0.05) is 18.2 Å². The minimum absolute atomic E-state index is 0.237. The van der Waals surface area contributed by atoms with Gasteiger partial charge in [-0.3, -0.25) is 4.98 Å². The second-order valence-corrected chi connectivity index (χ2v) is 4.09. The average molecular weight is 236 g/mol. The van der Waals surface area contributed by atoms with Crippen molar-refractivity contribution in [2.75, 3.05) is 0 Å². The van der Waals surface area contributed by atoms with E-state index in [4.69, 9.17) is 5.73 Å². The maximum Gasteiger partial charge on any atom is 0.115 e. The van der Waals surface area contributed by atoms with Crippen molar-refractivity contribution in [3.8, 4) is 0 Å². The van der Waals surface area contributed by atoms with Crippen LogP contribution in [-0.4, -0.2) is 15.0 Å². The van der Waals surface area contributed by atoms with Crippen LogP contribution in [0.2, 0.25) is 0 Å². The first kappa shape index (κ1) is 10.8. The van der Waals surface area contributed by atoms with Crippen LogP contribution in [0.5, 0.6) is 0 Å². The molecule has 0 aliphatic heterocycles. The highest BCUT2D eigenvalue weighted by Crippen LogP contribution is 2.25. The van der Waals surface area contributed by atoms with Crippen molar-refractivity contribution in [1.29, 1.82) is 0 Å². The van der Waals surface area contributed by atoms with Gasteiger partial charge >= 0.3 is 0 Å². The van der Waals surface area contributed by atoms with Gasteiger partial charge < -0.3 is 5.73 Å². The molecule has 1 aromatic carbocycles. The maximum absolute atomic E-state index is 6.27. The van der Waals surface area contributed by atoms with E-state index in [0.717, 1.165) is 21.9 Å². The third kappa shape index (κ3) is 1.83. The fraction of sp³-hybridized carbons (Fsp3) is 0.0714. The predicted octanol–water partition coefficient (Wildman–Crippen LogP) is 2.07. The highest BCUT2D eigenvalue weighted by Gasteiger charge is 2.12. The van der Waals surface area contributed by atoms with Gasteiger partial charge in [0.15, 0.2) is 0 Å². The molecule has 2 N–H and O–H groups in total. The van der Waals surface area contributed by atoms with Crippen molar-refractivity contribution in [3.63, 3.8) is 0 Å². The van der Waals surface area contributed by atoms with Crippen LogP contribution in [-0.2, 0) is 0 Å². The lowest BCUT2D eigenvalue weighted by Gasteiger charge is -2.13. The SMILES string of the molecule is NC(c1cncnc1)c1cccc2ccncc12. The van der Waals surface area contributed by atoms with Crippen LogP contribution < -0.4 is 5.73 Å². The molecule has 88 valence electrons. The normalized spacial score (nSPS) is 12.5. The van der Waals surface area contributed by atoms with Crippen LogP contribution in [0.1, 0.15) is 17.2 Å². The lowest BCUT2D eigenvalue weighted by molar-refractivity contribution is 0.858. The Hall–Kier alpha value is -2.33. The van der Waals surface area contributed by atoms with Gasteiger partial charge in [0, 0.05) is 35.7 Å². The number of pyridine rings is 1. The van der Waals surface area contributed by atoms with Crippen molar-refractivity contribution in [2.24, 2.45) is 5.73 Å². The number of hydrogen-bond donors (Lipinski definition) is 1. The van der Waals surface area contributed by atoms with Gasteiger partial charge in [0.2, 0.25) is 0 Å². The van der Waals surface area contributed by atoms with E-state index in [2.05, 4.69) is 21.0 Å². The smallest absolute Gasteiger partial charge is 0.115 e. The fourth-order valence-corrected chi connectivity index (χ4v) is 2.06. The van der Waals surface area contributed by atoms with Crippen LogP contribution in [0.4, 0.5) is 0 Å². The zero-order chi connectivity index (χ0) is 12.4. The van der Waals surface area contributed by atoms with Gasteiger partial charge in [-0.05, 0) is 17.0 Å². The summed E-state index contributed by atoms with van der Waals surface area (Å²) in [7, 11) is 0. The molecule has 3 aromatic rings. The van der Waals surface area contributed by atoms with Crippen LogP contribution in [0, 0.1) is 0 Å². The molecule has 1 unspecified atom stereocenters. The van der Waals surface area contributed by atoms with E-state index >= 15 is 0 Å². The molecular formula is C14H12N4. The van der Waals surface area contributed by atoms with Gasteiger partial charge in [0.05, 0.1) is 6.04 Å². The lowest BCUT2D eigenvalue weighted by Crippen LogP contribution is -2.12. The predicted molar refractivity (Wildman–Crippen MR) is 69.8 cm³/mol. The average Bonchev–Trinajstić information content (AvgIpc) is 2.47. The molecule has 0 saturated heterocycles. The molecule has 0 amide bonds. The standard InChI is InChI=1S/C14H12N4/c15-14(11-6-17-9-18-7-11)12-3-1-2-10-4-5-16-8-13(10)12/h1-9,14H,15H2. The van der Waals surface area contributed by atoms with Crippen molar-refractivity contribution in [1.82, 2.24) is 15.0 Å². The van der Waals surface area contributed by atoms with Gasteiger partial charge in [0.1, 0.15) is 6.33 Å². The summed E-state index contributed by atoms with van der Waals surface area (Å²) in [5.74, 6) is 0. The Morgan fingerprint density at radius 2 is 1.78 bits per heavy atom. The van der Waals surface area contributed by atoms with Gasteiger partial charge in [-0.15, -0.1) is 0 Å². The summed E-state index contributed by atoms with van der Waals surface area (Å²) in [6, 6.07) is 7.81. The third-order valence-corrected chi connectivity index (χ3v) is 2.99. The van der Waals surface area contributed by atoms with Crippen LogP contribution in [0.3, 0.4) is 0 Å². The van der Waals surface area contributed by atoms with Crippen LogP contribution in [0.15, 0.2) is 55.4 Å². The first-order valence-electron chi connectivity index (χ1n) is 5.69. The Morgan fingerprint density at radius 1 is 0.944 bits per heavy atom. The Morgan fingerprint density at radius 3 is 2.61 bits per heavy atom. The largest absolute Gasteiger partial charge is 0.320 e. The summed E-state index contributed by atoms with van der Waals surface area (Å²) in [4.78, 5) is 12.2. The lowest BCUT2D eigenvalue weighted by atomic mass is 9.97. The Kier molecular flexibility index (Phi) is 2.70. The van der Waals surface area contributed by atoms with E-state index < -0.39 is 0 Å². The second-order valence-electron chi connectivity index (χ2n) is 4.09. The Balaban J connectivity index is 2.15. The minimum Gasteiger partial charge on any atom is -0.320 e. The summed E-state index contributed by atoms with van der Waals surface area (Å²) >= 11 is 0. The molecule has 0 saturated carbocycles. The maximum atomic E-state index is 6.27. The molecule has 0 spiro atoms. The molecule has 2 aromatic heterocycles. The highest BCUT2D eigenvalue weighted by molar-refractivity contribution is 5.85. The van der Waals surface area contributed by atoms with Crippen molar-refractivity contribution in [2.45, 2.75) is 6.04 Å². The van der Waals surface area contributed by atoms with E-state index in [1.807, 2.05) is 24.4 Å². The zero-order valence-corrected chi connectivity index (χ0v) is 9.69. The number of fused-ring (bicyclic) bond motifs is 1. The molecule has 2 heterocycles. The van der Waals surface area contributed by atoms with E-state index in [0.29, 0.717) is 0 Å². The number of aromatic nitrogens is 3. The summed E-state index contributed by atoms with van der Waals surface area (Å²) in [5, 5.41) is 2.20. The molecule has 4 heteroatoms. The molecule has 4 nitrogen and oxygen atoms in total. The number of hydrogen-bond acceptors (Lipinski definition) is 4. The number of nitrogens with zero attached hydrogens (tertiary/aromatic N) is 3. The van der Waals surface area contributed by atoms with Crippen molar-refractivity contribution < 1.29 is 0 Å². The topological polar surface area (TPSA) is 64.7 Å². The van der Waals surface area contributed by atoms with E-state index in [9.17, 15) is 0 Å². The van der Waals surface area contributed by atoms with E-state index in [1.54, 1.807) is 18.6 Å². The van der Waals surface area contributed by atoms with Gasteiger partial charge in [0.25, 0.3) is 0 Å². The molecule has 0 aliphatic rings. The fourth-order valence-electron chi connectivity index (χ4n) is 2.06. The first-order chi connectivity index (χ1) is 8.86. The van der Waals surface area contributed by atoms with E-state index in [-0.39, 0.29) is 6.04 Å². The third-order valence-electron chi connectivity index (χ3n) is 2.99. The highest BCUT2D eigenvalue weighted by atomic mass is 14.8. The number of benzene rings is 1. The molecule has 0 aliphatic carbocycles. The van der Waals surface area contributed by atoms with E-state index in [1.165, 1.54) is 6.33 Å². The quantitative estimate of drug-likeness (QED) is 0.739. The Bertz CT molecular complexity index is 661. The molecule has 18 heavy (non-hydrogen) atoms. The summed E-state index contributed by atoms with van der Waals surface area (Å²) < 4.78 is 0. The van der Waals surface area contributed by atoms with Gasteiger partial charge in [-0.2, -0.15) is 0 Å². The first-order valence-corrected chi connectivity index (χ1v) is 5.69. The number of rotatable bonds is 2. The number of nitrogens with two attached hydrogens (primary N) is 1. The molecule has 3 rings (SSSR count). The summed E-state index contributed by atoms with van der Waals surface area (Å²) in [6.45, 7) is 0. The van der Waals surface area contributed by atoms with Crippen molar-refractivity contribution >= 4 is 10.8 Å². The summed E-state index contributed by atoms with van der Waals surface area (Å²) in [5.41, 5.74) is 8.21. The monoisotopic (exact) mass is 236 g/mol. The molecule has 0 radical (unpaired) electrons.